The maximum absolute atomic E-state index is 7.55. The third kappa shape index (κ3) is 2.35. The number of hydrogen-bond donors (Lipinski definition) is 1. The van der Waals surface area contributed by atoms with E-state index < -0.39 is 0 Å². The largest absolute Gasteiger partial charge is 0.293 e. The zero-order chi connectivity index (χ0) is 8.10. The fourth-order valence-electron chi connectivity index (χ4n) is 0.725. The van der Waals surface area contributed by atoms with Crippen LogP contribution in [0.5, 0.6) is 0 Å². The van der Waals surface area contributed by atoms with Crippen LogP contribution in [0.2, 0.25) is 0 Å². The maximum atomic E-state index is 7.55. The fourth-order valence-corrected chi connectivity index (χ4v) is 1.30. The number of hydrogen-bond acceptors (Lipinski definition) is 3. The van der Waals surface area contributed by atoms with E-state index in [1.807, 2.05) is 19.1 Å². The van der Waals surface area contributed by atoms with E-state index in [4.69, 9.17) is 5.41 Å². The van der Waals surface area contributed by atoms with Crippen LogP contribution < -0.4 is 0 Å². The second-order valence-electron chi connectivity index (χ2n) is 2.00. The summed E-state index contributed by atoms with van der Waals surface area (Å²) in [5.74, 6) is 0.938. The molecular formula is C8H10N2S. The highest BCUT2D eigenvalue weighted by Crippen LogP contribution is 2.09. The molecule has 0 radical (unpaired) electrons. The number of thioether (sulfide) groups is 1. The topological polar surface area (TPSA) is 36.7 Å². The molecule has 1 heterocycles. The lowest BCUT2D eigenvalue weighted by Gasteiger charge is -1.98. The highest BCUT2D eigenvalue weighted by Gasteiger charge is 1.98. The van der Waals surface area contributed by atoms with Gasteiger partial charge in [0, 0.05) is 18.0 Å². The van der Waals surface area contributed by atoms with Crippen LogP contribution in [-0.2, 0) is 0 Å². The predicted molar refractivity (Wildman–Crippen MR) is 49.2 cm³/mol. The van der Waals surface area contributed by atoms with Gasteiger partial charge in [0.1, 0.15) is 0 Å². The Morgan fingerprint density at radius 1 is 1.73 bits per heavy atom. The SMILES string of the molecule is CCSC(=N)c1cccnc1. The summed E-state index contributed by atoms with van der Waals surface area (Å²) in [5, 5.41) is 8.15. The molecule has 0 fully saturated rings. The Labute approximate surface area is 70.6 Å². The summed E-state index contributed by atoms with van der Waals surface area (Å²) in [6.07, 6.45) is 3.43. The second-order valence-corrected chi connectivity index (χ2v) is 3.28. The van der Waals surface area contributed by atoms with E-state index in [1.165, 1.54) is 11.8 Å². The van der Waals surface area contributed by atoms with Crippen LogP contribution >= 0.6 is 11.8 Å². The molecule has 0 aliphatic carbocycles. The average molecular weight is 166 g/mol. The van der Waals surface area contributed by atoms with Gasteiger partial charge >= 0.3 is 0 Å². The van der Waals surface area contributed by atoms with Crippen molar-refractivity contribution in [2.24, 2.45) is 0 Å². The molecule has 0 saturated heterocycles. The van der Waals surface area contributed by atoms with Crippen molar-refractivity contribution >= 4 is 16.8 Å². The van der Waals surface area contributed by atoms with Crippen LogP contribution in [-0.4, -0.2) is 15.8 Å². The molecule has 1 aromatic rings. The Kier molecular flexibility index (Phi) is 3.11. The molecule has 58 valence electrons. The standard InChI is InChI=1S/C8H10N2S/c1-2-11-8(9)7-4-3-5-10-6-7/h3-6,9H,2H2,1H3. The third-order valence-electron chi connectivity index (χ3n) is 1.21. The molecule has 3 heteroatoms. The second kappa shape index (κ2) is 4.13. The van der Waals surface area contributed by atoms with Crippen LogP contribution in [0.25, 0.3) is 0 Å². The molecule has 0 spiro atoms. The molecule has 0 unspecified atom stereocenters. The van der Waals surface area contributed by atoms with E-state index in [0.717, 1.165) is 11.3 Å². The van der Waals surface area contributed by atoms with Crippen LogP contribution in [0.3, 0.4) is 0 Å². The summed E-state index contributed by atoms with van der Waals surface area (Å²) in [4.78, 5) is 3.93. The monoisotopic (exact) mass is 166 g/mol. The Hall–Kier alpha value is -0.830. The Morgan fingerprint density at radius 2 is 2.55 bits per heavy atom. The minimum absolute atomic E-state index is 0.598. The lowest BCUT2D eigenvalue weighted by Crippen LogP contribution is -1.93. The Balaban J connectivity index is 2.69. The van der Waals surface area contributed by atoms with E-state index in [1.54, 1.807) is 12.4 Å². The smallest absolute Gasteiger partial charge is 0.0957 e. The van der Waals surface area contributed by atoms with Crippen molar-refractivity contribution in [1.29, 1.82) is 5.41 Å². The summed E-state index contributed by atoms with van der Waals surface area (Å²) in [7, 11) is 0. The minimum atomic E-state index is 0.598. The van der Waals surface area contributed by atoms with Gasteiger partial charge in [0.25, 0.3) is 0 Å². The van der Waals surface area contributed by atoms with Gasteiger partial charge in [-0.25, -0.2) is 0 Å². The van der Waals surface area contributed by atoms with E-state index in [-0.39, 0.29) is 0 Å². The van der Waals surface area contributed by atoms with Crippen molar-refractivity contribution in [3.05, 3.63) is 30.1 Å². The lowest BCUT2D eigenvalue weighted by molar-refractivity contribution is 1.31. The van der Waals surface area contributed by atoms with Gasteiger partial charge in [0.05, 0.1) is 5.04 Å². The molecule has 2 nitrogen and oxygen atoms in total. The molecule has 1 aromatic heterocycles. The van der Waals surface area contributed by atoms with Crippen molar-refractivity contribution in [3.63, 3.8) is 0 Å². The Morgan fingerprint density at radius 3 is 3.09 bits per heavy atom. The summed E-state index contributed by atoms with van der Waals surface area (Å²) >= 11 is 1.53. The number of aromatic nitrogens is 1. The van der Waals surface area contributed by atoms with Gasteiger partial charge in [-0.15, -0.1) is 11.8 Å². The lowest BCUT2D eigenvalue weighted by atomic mass is 10.3. The minimum Gasteiger partial charge on any atom is -0.293 e. The highest BCUT2D eigenvalue weighted by atomic mass is 32.2. The van der Waals surface area contributed by atoms with Crippen molar-refractivity contribution in [1.82, 2.24) is 4.98 Å². The summed E-state index contributed by atoms with van der Waals surface area (Å²) < 4.78 is 0. The summed E-state index contributed by atoms with van der Waals surface area (Å²) in [5.41, 5.74) is 0.902. The van der Waals surface area contributed by atoms with Gasteiger partial charge in [-0.1, -0.05) is 6.92 Å². The molecule has 11 heavy (non-hydrogen) atoms. The van der Waals surface area contributed by atoms with Crippen LogP contribution in [0.1, 0.15) is 12.5 Å². The van der Waals surface area contributed by atoms with Crippen molar-refractivity contribution < 1.29 is 0 Å². The van der Waals surface area contributed by atoms with Crippen molar-refractivity contribution in [2.75, 3.05) is 5.75 Å². The average Bonchev–Trinajstić information content (AvgIpc) is 2.07. The van der Waals surface area contributed by atoms with Crippen LogP contribution in [0.15, 0.2) is 24.5 Å². The molecule has 1 rings (SSSR count). The number of pyridine rings is 1. The molecule has 0 aliphatic rings. The first-order chi connectivity index (χ1) is 5.34. The first kappa shape index (κ1) is 8.27. The molecule has 0 bridgehead atoms. The summed E-state index contributed by atoms with van der Waals surface area (Å²) in [6, 6.07) is 3.75. The molecule has 0 atom stereocenters. The van der Waals surface area contributed by atoms with E-state index in [0.29, 0.717) is 5.04 Å². The van der Waals surface area contributed by atoms with Gasteiger partial charge < -0.3 is 0 Å². The molecule has 0 aromatic carbocycles. The van der Waals surface area contributed by atoms with E-state index >= 15 is 0 Å². The van der Waals surface area contributed by atoms with Crippen LogP contribution in [0.4, 0.5) is 0 Å². The van der Waals surface area contributed by atoms with E-state index in [2.05, 4.69) is 4.98 Å². The Bertz CT molecular complexity index is 233. The van der Waals surface area contributed by atoms with E-state index in [9.17, 15) is 0 Å². The number of rotatable bonds is 2. The molecular weight excluding hydrogens is 156 g/mol. The highest BCUT2D eigenvalue weighted by molar-refractivity contribution is 8.14. The zero-order valence-electron chi connectivity index (χ0n) is 6.37. The van der Waals surface area contributed by atoms with Crippen LogP contribution in [0, 0.1) is 5.41 Å². The quantitative estimate of drug-likeness (QED) is 0.540. The predicted octanol–water partition coefficient (Wildman–Crippen LogP) is 2.16. The van der Waals surface area contributed by atoms with Gasteiger partial charge in [0.2, 0.25) is 0 Å². The normalized spacial score (nSPS) is 9.55. The van der Waals surface area contributed by atoms with Crippen molar-refractivity contribution in [2.45, 2.75) is 6.92 Å². The van der Waals surface area contributed by atoms with Gasteiger partial charge in [-0.2, -0.15) is 0 Å². The van der Waals surface area contributed by atoms with Gasteiger partial charge in [-0.05, 0) is 17.9 Å². The van der Waals surface area contributed by atoms with Gasteiger partial charge in [0.15, 0.2) is 0 Å². The molecule has 1 N–H and O–H groups in total. The molecule has 0 amide bonds. The fraction of sp³-hybridized carbons (Fsp3) is 0.250. The van der Waals surface area contributed by atoms with Gasteiger partial charge in [-0.3, -0.25) is 10.4 Å². The molecule has 0 aliphatic heterocycles. The first-order valence-corrected chi connectivity index (χ1v) is 4.45. The first-order valence-electron chi connectivity index (χ1n) is 3.46. The number of nitrogens with zero attached hydrogens (tertiary/aromatic N) is 1. The maximum Gasteiger partial charge on any atom is 0.0957 e. The zero-order valence-corrected chi connectivity index (χ0v) is 7.19. The summed E-state index contributed by atoms with van der Waals surface area (Å²) in [6.45, 7) is 2.04. The molecule has 0 saturated carbocycles. The number of nitrogens with one attached hydrogen (secondary N) is 1. The third-order valence-corrected chi connectivity index (χ3v) is 2.03. The van der Waals surface area contributed by atoms with Crippen molar-refractivity contribution in [3.8, 4) is 0 Å².